The molecule has 28 heavy (non-hydrogen) atoms. The fourth-order valence-corrected chi connectivity index (χ4v) is 4.04. The van der Waals surface area contributed by atoms with Crippen molar-refractivity contribution >= 4 is 38.9 Å². The number of hydrogen-bond donors (Lipinski definition) is 1. The lowest BCUT2D eigenvalue weighted by molar-refractivity contribution is 0.102. The number of hydrogen-bond acceptors (Lipinski definition) is 3. The van der Waals surface area contributed by atoms with Crippen LogP contribution in [0.25, 0.3) is 21.8 Å². The summed E-state index contributed by atoms with van der Waals surface area (Å²) in [5.41, 5.74) is 3.14. The van der Waals surface area contributed by atoms with Crippen LogP contribution in [-0.2, 0) is 0 Å². The van der Waals surface area contributed by atoms with Crippen molar-refractivity contribution in [3.05, 3.63) is 94.0 Å². The Labute approximate surface area is 174 Å². The number of carbonyl (C=O) groups excluding carboxylic acids is 1. The minimum absolute atomic E-state index is 0.210. The molecule has 4 rings (SSSR count). The summed E-state index contributed by atoms with van der Waals surface area (Å²) in [4.78, 5) is 17.2. The molecule has 0 spiro atoms. The molecular formula is C22H14BrFN2OS. The number of benzene rings is 3. The molecule has 0 radical (unpaired) electrons. The predicted octanol–water partition coefficient (Wildman–Crippen LogP) is 6.63. The smallest absolute Gasteiger partial charge is 0.255 e. The normalized spacial score (nSPS) is 10.6. The molecule has 0 bridgehead atoms. The van der Waals surface area contributed by atoms with Gasteiger partial charge in [-0.3, -0.25) is 4.79 Å². The lowest BCUT2D eigenvalue weighted by Gasteiger charge is -2.10. The second-order valence-corrected chi connectivity index (χ2v) is 7.80. The molecule has 1 N–H and O–H groups in total. The highest BCUT2D eigenvalue weighted by molar-refractivity contribution is 9.10. The Bertz CT molecular complexity index is 1160. The van der Waals surface area contributed by atoms with Crippen molar-refractivity contribution in [2.24, 2.45) is 0 Å². The molecule has 0 saturated carbocycles. The van der Waals surface area contributed by atoms with Crippen molar-refractivity contribution in [3.8, 4) is 21.8 Å². The Morgan fingerprint density at radius 2 is 1.71 bits per heavy atom. The maximum Gasteiger partial charge on any atom is 0.255 e. The number of carbonyl (C=O) groups is 1. The first kappa shape index (κ1) is 18.5. The largest absolute Gasteiger partial charge is 0.321 e. The summed E-state index contributed by atoms with van der Waals surface area (Å²) in [5, 5.41) is 5.41. The van der Waals surface area contributed by atoms with Crippen LogP contribution in [0.15, 0.2) is 82.6 Å². The Kier molecular flexibility index (Phi) is 5.32. The molecule has 0 aliphatic heterocycles. The Morgan fingerprint density at radius 3 is 2.50 bits per heavy atom. The lowest BCUT2D eigenvalue weighted by atomic mass is 10.1. The number of nitrogens with one attached hydrogen (secondary N) is 1. The SMILES string of the molecule is O=C(Nc1ccccc1-c1csc(-c2ccccc2F)n1)c1cccc(Br)c1. The minimum Gasteiger partial charge on any atom is -0.321 e. The molecule has 1 heterocycles. The van der Waals surface area contributed by atoms with Crippen molar-refractivity contribution in [1.82, 2.24) is 4.98 Å². The van der Waals surface area contributed by atoms with Crippen LogP contribution in [0.3, 0.4) is 0 Å². The van der Waals surface area contributed by atoms with E-state index in [9.17, 15) is 9.18 Å². The number of aromatic nitrogens is 1. The quantitative estimate of drug-likeness (QED) is 0.377. The number of para-hydroxylation sites is 1. The van der Waals surface area contributed by atoms with Gasteiger partial charge < -0.3 is 5.32 Å². The van der Waals surface area contributed by atoms with Crippen LogP contribution < -0.4 is 5.32 Å². The van der Waals surface area contributed by atoms with E-state index in [2.05, 4.69) is 26.2 Å². The highest BCUT2D eigenvalue weighted by Crippen LogP contribution is 2.33. The number of anilines is 1. The average Bonchev–Trinajstić information content (AvgIpc) is 3.18. The van der Waals surface area contributed by atoms with Gasteiger partial charge in [0.2, 0.25) is 0 Å². The fourth-order valence-electron chi connectivity index (χ4n) is 2.80. The van der Waals surface area contributed by atoms with E-state index in [4.69, 9.17) is 0 Å². The van der Waals surface area contributed by atoms with Crippen molar-refractivity contribution in [2.45, 2.75) is 0 Å². The van der Waals surface area contributed by atoms with Crippen molar-refractivity contribution in [2.75, 3.05) is 5.32 Å². The molecule has 0 saturated heterocycles. The van der Waals surface area contributed by atoms with Gasteiger partial charge in [-0.15, -0.1) is 11.3 Å². The molecule has 4 aromatic rings. The summed E-state index contributed by atoms with van der Waals surface area (Å²) in [6.07, 6.45) is 0. The Balaban J connectivity index is 1.66. The van der Waals surface area contributed by atoms with Crippen LogP contribution in [0.2, 0.25) is 0 Å². The topological polar surface area (TPSA) is 42.0 Å². The van der Waals surface area contributed by atoms with Gasteiger partial charge in [-0.2, -0.15) is 0 Å². The molecule has 3 aromatic carbocycles. The van der Waals surface area contributed by atoms with E-state index >= 15 is 0 Å². The standard InChI is InChI=1S/C22H14BrFN2OS/c23-15-7-5-6-14(12-15)21(27)25-19-11-4-2-9-17(19)20-13-28-22(26-20)16-8-1-3-10-18(16)24/h1-13H,(H,25,27). The van der Waals surface area contributed by atoms with E-state index < -0.39 is 0 Å². The molecule has 1 aromatic heterocycles. The zero-order valence-corrected chi connectivity index (χ0v) is 16.9. The van der Waals surface area contributed by atoms with Gasteiger partial charge in [-0.05, 0) is 36.4 Å². The van der Waals surface area contributed by atoms with Crippen molar-refractivity contribution in [3.63, 3.8) is 0 Å². The van der Waals surface area contributed by atoms with E-state index in [0.29, 0.717) is 27.5 Å². The van der Waals surface area contributed by atoms with E-state index in [-0.39, 0.29) is 11.7 Å². The molecule has 0 aliphatic rings. The number of halogens is 2. The molecule has 0 atom stereocenters. The van der Waals surface area contributed by atoms with Crippen LogP contribution in [0.1, 0.15) is 10.4 Å². The summed E-state index contributed by atoms with van der Waals surface area (Å²) >= 11 is 4.75. The van der Waals surface area contributed by atoms with Gasteiger partial charge in [0.15, 0.2) is 0 Å². The third-order valence-electron chi connectivity index (χ3n) is 4.15. The third-order valence-corrected chi connectivity index (χ3v) is 5.52. The fraction of sp³-hybridized carbons (Fsp3) is 0. The number of rotatable bonds is 4. The zero-order valence-electron chi connectivity index (χ0n) is 14.5. The molecule has 0 aliphatic carbocycles. The molecule has 1 amide bonds. The summed E-state index contributed by atoms with van der Waals surface area (Å²) in [5.74, 6) is -0.516. The second kappa shape index (κ2) is 8.04. The Hall–Kier alpha value is -2.83. The summed E-state index contributed by atoms with van der Waals surface area (Å²) in [7, 11) is 0. The van der Waals surface area contributed by atoms with Crippen molar-refractivity contribution < 1.29 is 9.18 Å². The maximum absolute atomic E-state index is 14.1. The van der Waals surface area contributed by atoms with Crippen LogP contribution in [0.5, 0.6) is 0 Å². The van der Waals surface area contributed by atoms with E-state index in [1.165, 1.54) is 17.4 Å². The van der Waals surface area contributed by atoms with Crippen LogP contribution >= 0.6 is 27.3 Å². The molecule has 0 unspecified atom stereocenters. The average molecular weight is 453 g/mol. The lowest BCUT2D eigenvalue weighted by Crippen LogP contribution is -2.12. The van der Waals surface area contributed by atoms with E-state index in [0.717, 1.165) is 10.0 Å². The highest BCUT2D eigenvalue weighted by Gasteiger charge is 2.14. The van der Waals surface area contributed by atoms with Gasteiger partial charge in [0.05, 0.1) is 11.4 Å². The van der Waals surface area contributed by atoms with E-state index in [1.54, 1.807) is 30.3 Å². The van der Waals surface area contributed by atoms with Gasteiger partial charge in [-0.1, -0.05) is 52.3 Å². The summed E-state index contributed by atoms with van der Waals surface area (Å²) in [6.45, 7) is 0. The van der Waals surface area contributed by atoms with Crippen molar-refractivity contribution in [1.29, 1.82) is 0 Å². The van der Waals surface area contributed by atoms with Gasteiger partial charge in [0, 0.05) is 26.5 Å². The highest BCUT2D eigenvalue weighted by atomic mass is 79.9. The van der Waals surface area contributed by atoms with Gasteiger partial charge in [-0.25, -0.2) is 9.37 Å². The minimum atomic E-state index is -0.306. The number of thiazole rings is 1. The first-order valence-electron chi connectivity index (χ1n) is 8.48. The van der Waals surface area contributed by atoms with Gasteiger partial charge in [0.1, 0.15) is 10.8 Å². The first-order chi connectivity index (χ1) is 13.6. The maximum atomic E-state index is 14.1. The third kappa shape index (κ3) is 3.88. The first-order valence-corrected chi connectivity index (χ1v) is 10.2. The van der Waals surface area contributed by atoms with E-state index in [1.807, 2.05) is 41.8 Å². The molecule has 0 fully saturated rings. The van der Waals surface area contributed by atoms with Gasteiger partial charge in [0.25, 0.3) is 5.91 Å². The molecule has 138 valence electrons. The summed E-state index contributed by atoms with van der Waals surface area (Å²) < 4.78 is 14.9. The summed E-state index contributed by atoms with van der Waals surface area (Å²) in [6, 6.07) is 21.2. The molecule has 3 nitrogen and oxygen atoms in total. The molecular weight excluding hydrogens is 439 g/mol. The zero-order chi connectivity index (χ0) is 19.5. The number of nitrogens with zero attached hydrogens (tertiary/aromatic N) is 1. The van der Waals surface area contributed by atoms with Crippen LogP contribution in [-0.4, -0.2) is 10.9 Å². The predicted molar refractivity (Wildman–Crippen MR) is 115 cm³/mol. The monoisotopic (exact) mass is 452 g/mol. The number of amides is 1. The van der Waals surface area contributed by atoms with Crippen LogP contribution in [0.4, 0.5) is 10.1 Å². The van der Waals surface area contributed by atoms with Crippen LogP contribution in [0, 0.1) is 5.82 Å². The Morgan fingerprint density at radius 1 is 0.964 bits per heavy atom. The second-order valence-electron chi connectivity index (χ2n) is 6.03. The molecule has 6 heteroatoms. The van der Waals surface area contributed by atoms with Gasteiger partial charge >= 0.3 is 0 Å².